The monoisotopic (exact) mass is 351 g/mol. The zero-order valence-corrected chi connectivity index (χ0v) is 12.4. The van der Waals surface area contributed by atoms with Crippen LogP contribution in [0.5, 0.6) is 0 Å². The van der Waals surface area contributed by atoms with E-state index in [0.29, 0.717) is 12.1 Å². The second kappa shape index (κ2) is 5.80. The SMILES string of the molecule is CS(=O)(=O)Nc1ccc(-c2ccc(C(F)(F)F)c(F)c2)cc1F. The molecule has 0 aliphatic rings. The van der Waals surface area contributed by atoms with E-state index in [-0.39, 0.29) is 16.8 Å². The summed E-state index contributed by atoms with van der Waals surface area (Å²) >= 11 is 0. The predicted molar refractivity (Wildman–Crippen MR) is 75.3 cm³/mol. The van der Waals surface area contributed by atoms with Gasteiger partial charge in [0.05, 0.1) is 17.5 Å². The number of nitrogens with one attached hydrogen (secondary N) is 1. The number of hydrogen-bond donors (Lipinski definition) is 1. The Bertz CT molecular complexity index is 847. The molecule has 9 heteroatoms. The van der Waals surface area contributed by atoms with Crippen molar-refractivity contribution in [2.24, 2.45) is 0 Å². The van der Waals surface area contributed by atoms with Gasteiger partial charge in [-0.25, -0.2) is 17.2 Å². The van der Waals surface area contributed by atoms with Gasteiger partial charge in [-0.2, -0.15) is 13.2 Å². The number of rotatable bonds is 3. The van der Waals surface area contributed by atoms with Crippen LogP contribution in [0.2, 0.25) is 0 Å². The van der Waals surface area contributed by atoms with Crippen LogP contribution in [-0.4, -0.2) is 14.7 Å². The summed E-state index contributed by atoms with van der Waals surface area (Å²) in [6.07, 6.45) is -3.98. The summed E-state index contributed by atoms with van der Waals surface area (Å²) in [7, 11) is -3.68. The zero-order chi connectivity index (χ0) is 17.4. The molecule has 0 fully saturated rings. The maximum absolute atomic E-state index is 13.8. The number of halogens is 5. The molecule has 2 aromatic carbocycles. The average molecular weight is 351 g/mol. The summed E-state index contributed by atoms with van der Waals surface area (Å²) in [6, 6.07) is 5.46. The van der Waals surface area contributed by atoms with Crippen molar-refractivity contribution in [2.75, 3.05) is 11.0 Å². The minimum atomic E-state index is -4.82. The largest absolute Gasteiger partial charge is 0.419 e. The van der Waals surface area contributed by atoms with Crippen LogP contribution in [0.15, 0.2) is 36.4 Å². The van der Waals surface area contributed by atoms with E-state index >= 15 is 0 Å². The molecule has 0 aliphatic carbocycles. The Morgan fingerprint density at radius 1 is 0.913 bits per heavy atom. The van der Waals surface area contributed by atoms with Gasteiger partial charge in [0.15, 0.2) is 0 Å². The Hall–Kier alpha value is -2.16. The Morgan fingerprint density at radius 3 is 1.87 bits per heavy atom. The summed E-state index contributed by atoms with van der Waals surface area (Å²) in [4.78, 5) is 0. The molecule has 0 bridgehead atoms. The molecule has 0 spiro atoms. The summed E-state index contributed by atoms with van der Waals surface area (Å²) < 4.78 is 88.9. The first kappa shape index (κ1) is 17.2. The first-order chi connectivity index (χ1) is 10.5. The van der Waals surface area contributed by atoms with Crippen LogP contribution in [0, 0.1) is 11.6 Å². The highest BCUT2D eigenvalue weighted by atomic mass is 32.2. The van der Waals surface area contributed by atoms with Gasteiger partial charge >= 0.3 is 6.18 Å². The molecule has 0 amide bonds. The quantitative estimate of drug-likeness (QED) is 0.849. The smallest absolute Gasteiger partial charge is 0.281 e. The molecular weight excluding hydrogens is 341 g/mol. The highest BCUT2D eigenvalue weighted by Crippen LogP contribution is 2.34. The normalized spacial score (nSPS) is 12.3. The van der Waals surface area contributed by atoms with Gasteiger partial charge in [-0.1, -0.05) is 12.1 Å². The second-order valence-corrected chi connectivity index (χ2v) is 6.51. The van der Waals surface area contributed by atoms with Crippen molar-refractivity contribution in [1.29, 1.82) is 0 Å². The number of sulfonamides is 1. The molecule has 0 atom stereocenters. The maximum Gasteiger partial charge on any atom is 0.419 e. The van der Waals surface area contributed by atoms with E-state index in [4.69, 9.17) is 0 Å². The van der Waals surface area contributed by atoms with Crippen LogP contribution in [0.1, 0.15) is 5.56 Å². The van der Waals surface area contributed by atoms with Gasteiger partial charge in [0.1, 0.15) is 11.6 Å². The lowest BCUT2D eigenvalue weighted by atomic mass is 10.0. The van der Waals surface area contributed by atoms with E-state index in [1.54, 1.807) is 0 Å². The Morgan fingerprint density at radius 2 is 1.43 bits per heavy atom. The van der Waals surface area contributed by atoms with Gasteiger partial charge in [-0.3, -0.25) is 4.72 Å². The predicted octanol–water partition coefficient (Wildman–Crippen LogP) is 4.02. The Labute approximate surface area is 128 Å². The van der Waals surface area contributed by atoms with Gasteiger partial charge in [0.25, 0.3) is 0 Å². The van der Waals surface area contributed by atoms with E-state index in [1.165, 1.54) is 6.07 Å². The molecule has 0 radical (unpaired) electrons. The van der Waals surface area contributed by atoms with Gasteiger partial charge in [-0.05, 0) is 35.4 Å². The number of hydrogen-bond acceptors (Lipinski definition) is 2. The Balaban J connectivity index is 2.40. The molecule has 124 valence electrons. The third-order valence-electron chi connectivity index (χ3n) is 2.87. The highest BCUT2D eigenvalue weighted by molar-refractivity contribution is 7.92. The summed E-state index contributed by atoms with van der Waals surface area (Å²) in [6.45, 7) is 0. The van der Waals surface area contributed by atoms with Crippen molar-refractivity contribution in [3.63, 3.8) is 0 Å². The Kier molecular flexibility index (Phi) is 4.34. The molecule has 3 nitrogen and oxygen atoms in total. The average Bonchev–Trinajstić information content (AvgIpc) is 2.38. The lowest BCUT2D eigenvalue weighted by Gasteiger charge is -2.11. The fraction of sp³-hybridized carbons (Fsp3) is 0.143. The molecule has 2 rings (SSSR count). The van der Waals surface area contributed by atoms with E-state index < -0.39 is 33.4 Å². The first-order valence-corrected chi connectivity index (χ1v) is 8.01. The van der Waals surface area contributed by atoms with Crippen molar-refractivity contribution >= 4 is 15.7 Å². The lowest BCUT2D eigenvalue weighted by Crippen LogP contribution is -2.10. The van der Waals surface area contributed by atoms with Crippen molar-refractivity contribution in [1.82, 2.24) is 0 Å². The van der Waals surface area contributed by atoms with Gasteiger partial charge in [0.2, 0.25) is 10.0 Å². The topological polar surface area (TPSA) is 46.2 Å². The minimum absolute atomic E-state index is 0.0281. The number of alkyl halides is 3. The molecule has 0 unspecified atom stereocenters. The molecule has 0 saturated heterocycles. The lowest BCUT2D eigenvalue weighted by molar-refractivity contribution is -0.139. The third kappa shape index (κ3) is 4.19. The van der Waals surface area contributed by atoms with Gasteiger partial charge in [-0.15, -0.1) is 0 Å². The molecule has 2 aromatic rings. The fourth-order valence-electron chi connectivity index (χ4n) is 1.90. The molecule has 0 saturated carbocycles. The minimum Gasteiger partial charge on any atom is -0.281 e. The van der Waals surface area contributed by atoms with Crippen molar-refractivity contribution in [3.05, 3.63) is 53.6 Å². The molecule has 1 N–H and O–H groups in total. The molecule has 23 heavy (non-hydrogen) atoms. The number of anilines is 1. The van der Waals surface area contributed by atoms with E-state index in [0.717, 1.165) is 24.5 Å². The first-order valence-electron chi connectivity index (χ1n) is 6.12. The fourth-order valence-corrected chi connectivity index (χ4v) is 2.47. The molecule has 0 heterocycles. The van der Waals surface area contributed by atoms with Crippen molar-refractivity contribution in [3.8, 4) is 11.1 Å². The van der Waals surface area contributed by atoms with Crippen molar-refractivity contribution in [2.45, 2.75) is 6.18 Å². The summed E-state index contributed by atoms with van der Waals surface area (Å²) in [5.41, 5.74) is -1.60. The molecule has 0 aromatic heterocycles. The van der Waals surface area contributed by atoms with Crippen molar-refractivity contribution < 1.29 is 30.4 Å². The van der Waals surface area contributed by atoms with Gasteiger partial charge < -0.3 is 0 Å². The molecule has 0 aliphatic heterocycles. The van der Waals surface area contributed by atoms with Crippen LogP contribution in [0.3, 0.4) is 0 Å². The third-order valence-corrected chi connectivity index (χ3v) is 3.46. The zero-order valence-electron chi connectivity index (χ0n) is 11.6. The summed E-state index contributed by atoms with van der Waals surface area (Å²) in [5.74, 6) is -2.41. The second-order valence-electron chi connectivity index (χ2n) is 4.76. The standard InChI is InChI=1S/C14H10F5NO2S/c1-23(21,22)20-13-5-3-9(7-12(13)16)8-2-4-10(11(15)6-8)14(17,18)19/h2-7,20H,1H3. The van der Waals surface area contributed by atoms with Gasteiger partial charge in [0, 0.05) is 0 Å². The van der Waals surface area contributed by atoms with E-state index in [2.05, 4.69) is 0 Å². The summed E-state index contributed by atoms with van der Waals surface area (Å²) in [5, 5.41) is 0. The van der Waals surface area contributed by atoms with Crippen LogP contribution in [-0.2, 0) is 16.2 Å². The van der Waals surface area contributed by atoms with Crippen LogP contribution in [0.4, 0.5) is 27.6 Å². The number of benzene rings is 2. The maximum atomic E-state index is 13.8. The van der Waals surface area contributed by atoms with E-state index in [1.807, 2.05) is 4.72 Å². The molecular formula is C14H10F5NO2S. The van der Waals surface area contributed by atoms with Crippen LogP contribution >= 0.6 is 0 Å². The van der Waals surface area contributed by atoms with Crippen LogP contribution in [0.25, 0.3) is 11.1 Å². The van der Waals surface area contributed by atoms with E-state index in [9.17, 15) is 30.4 Å². The highest BCUT2D eigenvalue weighted by Gasteiger charge is 2.33. The van der Waals surface area contributed by atoms with Crippen LogP contribution < -0.4 is 4.72 Å².